The zero-order valence-corrected chi connectivity index (χ0v) is 15.4. The van der Waals surface area contributed by atoms with Crippen LogP contribution in [0.25, 0.3) is 0 Å². The van der Waals surface area contributed by atoms with Gasteiger partial charge in [-0.05, 0) is 51.0 Å². The van der Waals surface area contributed by atoms with Crippen LogP contribution in [0, 0.1) is 6.92 Å². The van der Waals surface area contributed by atoms with Gasteiger partial charge < -0.3 is 5.32 Å². The van der Waals surface area contributed by atoms with Crippen LogP contribution in [0.1, 0.15) is 35.8 Å². The summed E-state index contributed by atoms with van der Waals surface area (Å²) in [5.41, 5.74) is 1.22. The smallest absolute Gasteiger partial charge is 0.256 e. The van der Waals surface area contributed by atoms with Crippen LogP contribution in [0.15, 0.2) is 35.2 Å². The Kier molecular flexibility index (Phi) is 4.66. The monoisotopic (exact) mass is 362 g/mol. The summed E-state index contributed by atoms with van der Waals surface area (Å²) in [5, 5.41) is 7.09. The van der Waals surface area contributed by atoms with Gasteiger partial charge in [-0.15, -0.1) is 0 Å². The normalized spacial score (nSPS) is 14.7. The Morgan fingerprint density at radius 2 is 1.96 bits per heavy atom. The molecule has 1 heterocycles. The number of aryl methyl sites for hydroxylation is 2. The van der Waals surface area contributed by atoms with E-state index in [4.69, 9.17) is 0 Å². The van der Waals surface area contributed by atoms with E-state index in [1.807, 2.05) is 13.8 Å². The van der Waals surface area contributed by atoms with E-state index < -0.39 is 10.0 Å². The third kappa shape index (κ3) is 3.59. The lowest BCUT2D eigenvalue weighted by Gasteiger charge is -2.16. The summed E-state index contributed by atoms with van der Waals surface area (Å²) < 4.78 is 28.1. The molecule has 0 radical (unpaired) electrons. The van der Waals surface area contributed by atoms with Crippen molar-refractivity contribution in [3.05, 3.63) is 41.6 Å². The molecule has 25 heavy (non-hydrogen) atoms. The van der Waals surface area contributed by atoms with E-state index in [9.17, 15) is 13.2 Å². The molecule has 1 saturated carbocycles. The molecule has 1 N–H and O–H groups in total. The Bertz CT molecular complexity index is 883. The van der Waals surface area contributed by atoms with E-state index in [1.54, 1.807) is 17.8 Å². The molecule has 134 valence electrons. The summed E-state index contributed by atoms with van der Waals surface area (Å²) in [6.45, 7) is 4.45. The van der Waals surface area contributed by atoms with Crippen molar-refractivity contribution in [2.45, 2.75) is 44.2 Å². The summed E-state index contributed by atoms with van der Waals surface area (Å²) in [5.74, 6) is 0.323. The minimum atomic E-state index is -3.50. The van der Waals surface area contributed by atoms with Gasteiger partial charge in [0.25, 0.3) is 5.91 Å². The van der Waals surface area contributed by atoms with E-state index in [2.05, 4.69) is 10.4 Å². The second-order valence-corrected chi connectivity index (χ2v) is 8.22. The first-order valence-corrected chi connectivity index (χ1v) is 9.71. The fourth-order valence-electron chi connectivity index (χ4n) is 2.65. The number of nitrogens with one attached hydrogen (secondary N) is 1. The quantitative estimate of drug-likeness (QED) is 0.854. The van der Waals surface area contributed by atoms with Gasteiger partial charge in [0.1, 0.15) is 5.82 Å². The van der Waals surface area contributed by atoms with Crippen molar-refractivity contribution < 1.29 is 13.2 Å². The van der Waals surface area contributed by atoms with E-state index in [0.717, 1.165) is 18.5 Å². The highest BCUT2D eigenvalue weighted by atomic mass is 32.2. The third-order valence-electron chi connectivity index (χ3n) is 4.30. The van der Waals surface area contributed by atoms with Gasteiger partial charge in [-0.25, -0.2) is 13.1 Å². The highest BCUT2D eigenvalue weighted by molar-refractivity contribution is 7.89. The Hall–Kier alpha value is -2.19. The van der Waals surface area contributed by atoms with Gasteiger partial charge in [0.05, 0.1) is 10.6 Å². The number of sulfonamides is 1. The van der Waals surface area contributed by atoms with Crippen LogP contribution in [0.4, 0.5) is 5.82 Å². The van der Waals surface area contributed by atoms with Crippen molar-refractivity contribution in [2.75, 3.05) is 12.4 Å². The second-order valence-electron chi connectivity index (χ2n) is 6.22. The van der Waals surface area contributed by atoms with Crippen molar-refractivity contribution in [3.8, 4) is 0 Å². The molecule has 0 spiro atoms. The van der Waals surface area contributed by atoms with Gasteiger partial charge in [0, 0.05) is 31.3 Å². The lowest BCUT2D eigenvalue weighted by atomic mass is 10.2. The number of amides is 1. The SMILES string of the molecule is CCn1nc(C)cc1NC(=O)c1ccc(S(=O)(=O)N(C)C2CC2)cc1. The number of hydrogen-bond donors (Lipinski definition) is 1. The Morgan fingerprint density at radius 3 is 2.52 bits per heavy atom. The number of nitrogens with zero attached hydrogens (tertiary/aromatic N) is 3. The minimum Gasteiger partial charge on any atom is -0.307 e. The topological polar surface area (TPSA) is 84.3 Å². The molecule has 1 aromatic carbocycles. The predicted molar refractivity (Wildman–Crippen MR) is 95.0 cm³/mol. The lowest BCUT2D eigenvalue weighted by Crippen LogP contribution is -2.29. The molecule has 8 heteroatoms. The molecule has 3 rings (SSSR count). The lowest BCUT2D eigenvalue weighted by molar-refractivity contribution is 0.102. The maximum atomic E-state index is 12.5. The van der Waals surface area contributed by atoms with Crippen LogP contribution in [-0.2, 0) is 16.6 Å². The van der Waals surface area contributed by atoms with Crippen molar-refractivity contribution >= 4 is 21.7 Å². The van der Waals surface area contributed by atoms with Gasteiger partial charge in [-0.2, -0.15) is 9.40 Å². The van der Waals surface area contributed by atoms with Gasteiger partial charge in [0.15, 0.2) is 0 Å². The first kappa shape index (κ1) is 17.6. The summed E-state index contributed by atoms with van der Waals surface area (Å²) in [6.07, 6.45) is 1.81. The molecule has 0 saturated heterocycles. The predicted octanol–water partition coefficient (Wildman–Crippen LogP) is 2.25. The maximum absolute atomic E-state index is 12.5. The van der Waals surface area contributed by atoms with Crippen molar-refractivity contribution in [3.63, 3.8) is 0 Å². The van der Waals surface area contributed by atoms with Crippen LogP contribution >= 0.6 is 0 Å². The fourth-order valence-corrected chi connectivity index (χ4v) is 4.07. The number of aromatic nitrogens is 2. The van der Waals surface area contributed by atoms with Crippen LogP contribution in [-0.4, -0.2) is 41.5 Å². The standard InChI is InChI=1S/C17H22N4O3S/c1-4-21-16(11-12(2)19-21)18-17(22)13-5-9-15(10-6-13)25(23,24)20(3)14-7-8-14/h5-6,9-11,14H,4,7-8H2,1-3H3,(H,18,22). The first-order valence-electron chi connectivity index (χ1n) is 8.27. The Balaban J connectivity index is 1.76. The number of benzene rings is 1. The molecular weight excluding hydrogens is 340 g/mol. The summed E-state index contributed by atoms with van der Waals surface area (Å²) in [6, 6.07) is 7.91. The number of carbonyl (C=O) groups excluding carboxylic acids is 1. The number of hydrogen-bond acceptors (Lipinski definition) is 4. The Morgan fingerprint density at radius 1 is 1.32 bits per heavy atom. The first-order chi connectivity index (χ1) is 11.8. The van der Waals surface area contributed by atoms with E-state index >= 15 is 0 Å². The number of rotatable bonds is 6. The van der Waals surface area contributed by atoms with Crippen LogP contribution < -0.4 is 5.32 Å². The molecule has 2 aromatic rings. The molecule has 0 atom stereocenters. The second kappa shape index (κ2) is 6.61. The average Bonchev–Trinajstić information content (AvgIpc) is 3.38. The van der Waals surface area contributed by atoms with Crippen LogP contribution in [0.2, 0.25) is 0 Å². The molecule has 1 amide bonds. The molecule has 1 aliphatic rings. The largest absolute Gasteiger partial charge is 0.307 e. The Labute approximate surface area is 147 Å². The van der Waals surface area contributed by atoms with Gasteiger partial charge >= 0.3 is 0 Å². The van der Waals surface area contributed by atoms with Gasteiger partial charge in [-0.1, -0.05) is 0 Å². The minimum absolute atomic E-state index is 0.102. The van der Waals surface area contributed by atoms with Gasteiger partial charge in [0.2, 0.25) is 10.0 Å². The summed E-state index contributed by atoms with van der Waals surface area (Å²) in [4.78, 5) is 12.6. The van der Waals surface area contributed by atoms with Gasteiger partial charge in [-0.3, -0.25) is 4.79 Å². The van der Waals surface area contributed by atoms with Crippen LogP contribution in [0.5, 0.6) is 0 Å². The zero-order valence-electron chi connectivity index (χ0n) is 14.6. The van der Waals surface area contributed by atoms with E-state index in [-0.39, 0.29) is 16.8 Å². The van der Waals surface area contributed by atoms with E-state index in [0.29, 0.717) is 17.9 Å². The fraction of sp³-hybridized carbons (Fsp3) is 0.412. The van der Waals surface area contributed by atoms with E-state index in [1.165, 1.54) is 28.6 Å². The number of carbonyl (C=O) groups is 1. The molecule has 1 fully saturated rings. The molecule has 1 aromatic heterocycles. The summed E-state index contributed by atoms with van der Waals surface area (Å²) >= 11 is 0. The average molecular weight is 362 g/mol. The van der Waals surface area contributed by atoms with Crippen molar-refractivity contribution in [1.82, 2.24) is 14.1 Å². The number of anilines is 1. The van der Waals surface area contributed by atoms with Crippen molar-refractivity contribution in [2.24, 2.45) is 0 Å². The highest BCUT2D eigenvalue weighted by Gasteiger charge is 2.35. The molecular formula is C17H22N4O3S. The molecule has 0 unspecified atom stereocenters. The highest BCUT2D eigenvalue weighted by Crippen LogP contribution is 2.30. The molecule has 0 bridgehead atoms. The maximum Gasteiger partial charge on any atom is 0.256 e. The molecule has 1 aliphatic carbocycles. The molecule has 7 nitrogen and oxygen atoms in total. The summed E-state index contributed by atoms with van der Waals surface area (Å²) in [7, 11) is -1.90. The van der Waals surface area contributed by atoms with Crippen LogP contribution in [0.3, 0.4) is 0 Å². The van der Waals surface area contributed by atoms with Crippen molar-refractivity contribution in [1.29, 1.82) is 0 Å². The molecule has 0 aliphatic heterocycles. The zero-order chi connectivity index (χ0) is 18.2. The third-order valence-corrected chi connectivity index (χ3v) is 6.22.